The molecule has 5 nitrogen and oxygen atoms in total. The number of fused-ring (bicyclic) bond motifs is 1. The molecule has 0 radical (unpaired) electrons. The van der Waals surface area contributed by atoms with Crippen LogP contribution >= 0.6 is 11.3 Å². The number of aromatic nitrogens is 1. The number of aliphatic hydroxyl groups excluding tert-OH is 1. The summed E-state index contributed by atoms with van der Waals surface area (Å²) in [5.74, 6) is -0.578. The van der Waals surface area contributed by atoms with E-state index in [2.05, 4.69) is 10.3 Å². The molecule has 130 valence electrons. The van der Waals surface area contributed by atoms with E-state index in [-0.39, 0.29) is 18.3 Å². The lowest BCUT2D eigenvalue weighted by Crippen LogP contribution is -2.37. The summed E-state index contributed by atoms with van der Waals surface area (Å²) in [6.07, 6.45) is -0.571. The van der Waals surface area contributed by atoms with Crippen molar-refractivity contribution in [2.45, 2.75) is 13.0 Å². The number of halogens is 1. The van der Waals surface area contributed by atoms with Gasteiger partial charge in [0.2, 0.25) is 5.91 Å². The Morgan fingerprint density at radius 1 is 1.32 bits per heavy atom. The highest BCUT2D eigenvalue weighted by Crippen LogP contribution is 2.26. The molecule has 0 saturated carbocycles. The summed E-state index contributed by atoms with van der Waals surface area (Å²) in [5, 5.41) is 12.9. The summed E-state index contributed by atoms with van der Waals surface area (Å²) in [4.78, 5) is 18.5. The minimum absolute atomic E-state index is 0.0825. The Kier molecular flexibility index (Phi) is 5.25. The molecule has 0 bridgehead atoms. The average Bonchev–Trinajstić information content (AvgIpc) is 2.95. The molecule has 1 unspecified atom stereocenters. The summed E-state index contributed by atoms with van der Waals surface area (Å²) in [6, 6.07) is 13.7. The van der Waals surface area contributed by atoms with Crippen LogP contribution in [0.4, 0.5) is 15.2 Å². The first-order chi connectivity index (χ1) is 12.0. The Bertz CT molecular complexity index is 867. The van der Waals surface area contributed by atoms with Crippen LogP contribution in [0.5, 0.6) is 0 Å². The van der Waals surface area contributed by atoms with Crippen LogP contribution in [0.25, 0.3) is 10.2 Å². The number of carbonyl (C=O) groups excluding carboxylic acids is 1. The summed E-state index contributed by atoms with van der Waals surface area (Å²) in [7, 11) is 0. The minimum Gasteiger partial charge on any atom is -0.392 e. The summed E-state index contributed by atoms with van der Waals surface area (Å²) in [6.45, 7) is 2.09. The summed E-state index contributed by atoms with van der Waals surface area (Å²) < 4.78 is 13.9. The van der Waals surface area contributed by atoms with Crippen molar-refractivity contribution in [2.24, 2.45) is 0 Å². The van der Waals surface area contributed by atoms with Crippen LogP contribution in [0.1, 0.15) is 6.92 Å². The maximum Gasteiger partial charge on any atom is 0.245 e. The maximum atomic E-state index is 13.3. The molecule has 2 N–H and O–H groups in total. The third-order valence-corrected chi connectivity index (χ3v) is 4.47. The van der Waals surface area contributed by atoms with Gasteiger partial charge in [0.15, 0.2) is 5.13 Å². The zero-order valence-electron chi connectivity index (χ0n) is 13.6. The van der Waals surface area contributed by atoms with Crippen LogP contribution in [0, 0.1) is 5.82 Å². The van der Waals surface area contributed by atoms with E-state index in [9.17, 15) is 14.3 Å². The van der Waals surface area contributed by atoms with Crippen molar-refractivity contribution in [1.82, 2.24) is 4.98 Å². The fraction of sp³-hybridized carbons (Fsp3) is 0.222. The van der Waals surface area contributed by atoms with Gasteiger partial charge in [-0.15, -0.1) is 0 Å². The first-order valence-electron chi connectivity index (χ1n) is 7.85. The monoisotopic (exact) mass is 359 g/mol. The van der Waals surface area contributed by atoms with Crippen molar-refractivity contribution in [3.63, 3.8) is 0 Å². The van der Waals surface area contributed by atoms with E-state index in [1.165, 1.54) is 23.5 Å². The van der Waals surface area contributed by atoms with Gasteiger partial charge in [0, 0.05) is 12.2 Å². The molecule has 0 saturated heterocycles. The number of benzene rings is 2. The predicted octanol–water partition coefficient (Wildman–Crippen LogP) is 3.26. The number of nitrogens with one attached hydrogen (secondary N) is 1. The SMILES string of the molecule is CC(O)CN(CC(=O)Nc1nc2ccc(F)cc2s1)c1ccccc1. The molecule has 3 aromatic rings. The van der Waals surface area contributed by atoms with Crippen LogP contribution in [-0.4, -0.2) is 35.2 Å². The Morgan fingerprint density at radius 3 is 2.80 bits per heavy atom. The molecule has 1 amide bonds. The number of para-hydroxylation sites is 1. The topological polar surface area (TPSA) is 65.5 Å². The lowest BCUT2D eigenvalue weighted by molar-refractivity contribution is -0.115. The number of hydrogen-bond donors (Lipinski definition) is 2. The molecule has 1 aromatic heterocycles. The highest BCUT2D eigenvalue weighted by Gasteiger charge is 2.15. The van der Waals surface area contributed by atoms with Gasteiger partial charge >= 0.3 is 0 Å². The number of thiazole rings is 1. The van der Waals surface area contributed by atoms with E-state index in [1.54, 1.807) is 17.9 Å². The van der Waals surface area contributed by atoms with Gasteiger partial charge in [0.1, 0.15) is 5.82 Å². The van der Waals surface area contributed by atoms with E-state index < -0.39 is 6.10 Å². The molecule has 0 aliphatic rings. The van der Waals surface area contributed by atoms with Gasteiger partial charge in [-0.05, 0) is 37.3 Å². The normalized spacial score (nSPS) is 12.1. The zero-order valence-corrected chi connectivity index (χ0v) is 14.5. The quantitative estimate of drug-likeness (QED) is 0.709. The number of aliphatic hydroxyl groups is 1. The second kappa shape index (κ2) is 7.58. The lowest BCUT2D eigenvalue weighted by atomic mass is 10.2. The number of carbonyl (C=O) groups is 1. The molecule has 1 atom stereocenters. The van der Waals surface area contributed by atoms with Crippen LogP contribution in [0.3, 0.4) is 0 Å². The molecular weight excluding hydrogens is 341 g/mol. The molecule has 0 fully saturated rings. The number of amides is 1. The second-order valence-electron chi connectivity index (χ2n) is 5.74. The van der Waals surface area contributed by atoms with E-state index in [1.807, 2.05) is 30.3 Å². The van der Waals surface area contributed by atoms with Crippen LogP contribution in [-0.2, 0) is 4.79 Å². The first-order valence-corrected chi connectivity index (χ1v) is 8.67. The van der Waals surface area contributed by atoms with Crippen molar-refractivity contribution < 1.29 is 14.3 Å². The lowest BCUT2D eigenvalue weighted by Gasteiger charge is -2.25. The molecule has 0 aliphatic carbocycles. The van der Waals surface area contributed by atoms with Gasteiger partial charge in [0.25, 0.3) is 0 Å². The van der Waals surface area contributed by atoms with Crippen molar-refractivity contribution in [1.29, 1.82) is 0 Å². The molecule has 0 aliphatic heterocycles. The highest BCUT2D eigenvalue weighted by molar-refractivity contribution is 7.22. The number of anilines is 2. The van der Waals surface area contributed by atoms with Crippen molar-refractivity contribution >= 4 is 38.3 Å². The minimum atomic E-state index is -0.571. The summed E-state index contributed by atoms with van der Waals surface area (Å²) >= 11 is 1.23. The Balaban J connectivity index is 1.72. The van der Waals surface area contributed by atoms with E-state index in [0.29, 0.717) is 21.9 Å². The smallest absolute Gasteiger partial charge is 0.245 e. The van der Waals surface area contributed by atoms with Gasteiger partial charge in [0.05, 0.1) is 22.9 Å². The zero-order chi connectivity index (χ0) is 17.8. The second-order valence-corrected chi connectivity index (χ2v) is 6.77. The maximum absolute atomic E-state index is 13.3. The van der Waals surface area contributed by atoms with E-state index >= 15 is 0 Å². The van der Waals surface area contributed by atoms with Gasteiger partial charge in [-0.25, -0.2) is 9.37 Å². The van der Waals surface area contributed by atoms with Gasteiger partial charge in [-0.1, -0.05) is 29.5 Å². The van der Waals surface area contributed by atoms with Crippen molar-refractivity contribution in [3.05, 3.63) is 54.3 Å². The predicted molar refractivity (Wildman–Crippen MR) is 98.5 cm³/mol. The Morgan fingerprint density at radius 2 is 2.08 bits per heavy atom. The summed E-state index contributed by atoms with van der Waals surface area (Å²) in [5.41, 5.74) is 1.50. The Hall–Kier alpha value is -2.51. The van der Waals surface area contributed by atoms with E-state index in [0.717, 1.165) is 5.69 Å². The van der Waals surface area contributed by atoms with Crippen molar-refractivity contribution in [3.8, 4) is 0 Å². The Labute approximate surface area is 148 Å². The van der Waals surface area contributed by atoms with Gasteiger partial charge in [-0.3, -0.25) is 4.79 Å². The molecule has 7 heteroatoms. The number of nitrogens with zero attached hydrogens (tertiary/aromatic N) is 2. The molecule has 3 rings (SSSR count). The molecule has 1 heterocycles. The van der Waals surface area contributed by atoms with Gasteiger partial charge < -0.3 is 15.3 Å². The number of rotatable bonds is 6. The third-order valence-electron chi connectivity index (χ3n) is 3.54. The standard InChI is InChI=1S/C18H18FN3O2S/c1-12(23)10-22(14-5-3-2-4-6-14)11-17(24)21-18-20-15-8-7-13(19)9-16(15)25-18/h2-9,12,23H,10-11H2,1H3,(H,20,21,24). The largest absolute Gasteiger partial charge is 0.392 e. The molecular formula is C18H18FN3O2S. The van der Waals surface area contributed by atoms with E-state index in [4.69, 9.17) is 0 Å². The molecule has 25 heavy (non-hydrogen) atoms. The number of hydrogen-bond acceptors (Lipinski definition) is 5. The highest BCUT2D eigenvalue weighted by atomic mass is 32.1. The van der Waals surface area contributed by atoms with Crippen LogP contribution in [0.15, 0.2) is 48.5 Å². The fourth-order valence-corrected chi connectivity index (χ4v) is 3.41. The molecule has 2 aromatic carbocycles. The molecule has 0 spiro atoms. The fourth-order valence-electron chi connectivity index (χ4n) is 2.50. The van der Waals surface area contributed by atoms with Crippen molar-refractivity contribution in [2.75, 3.05) is 23.3 Å². The van der Waals surface area contributed by atoms with Gasteiger partial charge in [-0.2, -0.15) is 0 Å². The first kappa shape index (κ1) is 17.3. The van der Waals surface area contributed by atoms with Crippen LogP contribution < -0.4 is 10.2 Å². The third kappa shape index (κ3) is 4.52. The average molecular weight is 359 g/mol. The van der Waals surface area contributed by atoms with Crippen LogP contribution in [0.2, 0.25) is 0 Å².